The zero-order valence-corrected chi connectivity index (χ0v) is 48.7. The maximum Gasteiger partial charge on any atom is 0.306 e. The molecule has 0 fully saturated rings. The van der Waals surface area contributed by atoms with E-state index in [0.29, 0.717) is 19.3 Å². The maximum absolute atomic E-state index is 12.9. The highest BCUT2D eigenvalue weighted by Crippen LogP contribution is 2.17. The molecule has 6 heteroatoms. The zero-order valence-electron chi connectivity index (χ0n) is 48.7. The van der Waals surface area contributed by atoms with Crippen molar-refractivity contribution in [2.24, 2.45) is 0 Å². The molecule has 0 unspecified atom stereocenters. The molecule has 0 saturated heterocycles. The number of rotatable bonds is 58. The highest BCUT2D eigenvalue weighted by atomic mass is 16.6. The molecule has 0 aliphatic rings. The van der Waals surface area contributed by atoms with Crippen molar-refractivity contribution in [3.63, 3.8) is 0 Å². The van der Waals surface area contributed by atoms with E-state index in [1.165, 1.54) is 218 Å². The first-order valence-corrected chi connectivity index (χ1v) is 31.8. The standard InChI is InChI=1S/C67H120O6/c1-4-7-10-13-16-19-22-25-28-31-33-36-38-41-44-47-50-53-56-59-65(68)71-62-64(73-67(70)61-58-55-52-49-46-43-40-35-30-27-24-21-18-15-12-9-6-3)63-72-66(69)60-57-54-51-48-45-42-39-37-34-32-29-26-23-20-17-14-11-8-5-2/h16,19,25,27-28,30,40,43,49,52,64H,4-15,17-18,20-24,26,29,31-39,41-42,44-48,50-51,53-63H2,1-3H3/b19-16-,28-25-,30-27-,43-40-,52-49-/t64-/m1/s1. The van der Waals surface area contributed by atoms with Crippen LogP contribution in [0.25, 0.3) is 0 Å². The fraction of sp³-hybridized carbons (Fsp3) is 0.806. The minimum atomic E-state index is -0.802. The molecule has 0 amide bonds. The molecule has 0 bridgehead atoms. The van der Waals surface area contributed by atoms with Crippen molar-refractivity contribution in [2.45, 2.75) is 335 Å². The number of hydrogen-bond acceptors (Lipinski definition) is 6. The van der Waals surface area contributed by atoms with E-state index >= 15 is 0 Å². The Hall–Kier alpha value is -2.89. The SMILES string of the molecule is CCCCC/C=C\C/C=C\CCCCCCCCCCCC(=O)OC[C@H](COC(=O)CCCCCCCCCCCCCCCCCCCCC)OC(=O)CCC/C=C\C/C=C\C/C=C\CCCCCCCC. The third-order valence-corrected chi connectivity index (χ3v) is 14.0. The van der Waals surface area contributed by atoms with Gasteiger partial charge in [-0.15, -0.1) is 0 Å². The van der Waals surface area contributed by atoms with E-state index in [0.717, 1.165) is 64.2 Å². The average molecular weight is 1020 g/mol. The Morgan fingerprint density at radius 2 is 0.507 bits per heavy atom. The van der Waals surface area contributed by atoms with Gasteiger partial charge in [0.2, 0.25) is 0 Å². The van der Waals surface area contributed by atoms with Gasteiger partial charge >= 0.3 is 17.9 Å². The predicted octanol–water partition coefficient (Wildman–Crippen LogP) is 21.6. The van der Waals surface area contributed by atoms with E-state index in [1.807, 2.05) is 0 Å². The smallest absolute Gasteiger partial charge is 0.306 e. The van der Waals surface area contributed by atoms with Crippen LogP contribution >= 0.6 is 0 Å². The molecule has 0 saturated carbocycles. The molecule has 6 nitrogen and oxygen atoms in total. The van der Waals surface area contributed by atoms with Crippen molar-refractivity contribution < 1.29 is 28.6 Å². The number of unbranched alkanes of at least 4 members (excludes halogenated alkanes) is 37. The lowest BCUT2D eigenvalue weighted by Gasteiger charge is -2.18. The normalized spacial score (nSPS) is 12.4. The lowest BCUT2D eigenvalue weighted by atomic mass is 10.0. The maximum atomic E-state index is 12.9. The minimum absolute atomic E-state index is 0.0923. The van der Waals surface area contributed by atoms with E-state index in [1.54, 1.807) is 0 Å². The average Bonchev–Trinajstić information content (AvgIpc) is 3.39. The molecule has 0 aromatic rings. The van der Waals surface area contributed by atoms with Gasteiger partial charge in [-0.05, 0) is 83.5 Å². The molecule has 0 aliphatic carbocycles. The number of hydrogen-bond donors (Lipinski definition) is 0. The van der Waals surface area contributed by atoms with Crippen molar-refractivity contribution in [3.8, 4) is 0 Å². The molecule has 0 radical (unpaired) electrons. The molecule has 0 heterocycles. The van der Waals surface area contributed by atoms with Crippen LogP contribution in [0.4, 0.5) is 0 Å². The van der Waals surface area contributed by atoms with Crippen molar-refractivity contribution in [3.05, 3.63) is 60.8 Å². The molecule has 0 rings (SSSR count). The van der Waals surface area contributed by atoms with E-state index in [4.69, 9.17) is 14.2 Å². The van der Waals surface area contributed by atoms with Gasteiger partial charge in [-0.1, -0.05) is 287 Å². The first kappa shape index (κ1) is 70.1. The van der Waals surface area contributed by atoms with Crippen molar-refractivity contribution in [1.82, 2.24) is 0 Å². The van der Waals surface area contributed by atoms with Crippen molar-refractivity contribution in [1.29, 1.82) is 0 Å². The first-order valence-electron chi connectivity index (χ1n) is 31.8. The second-order valence-electron chi connectivity index (χ2n) is 21.3. The molecule has 73 heavy (non-hydrogen) atoms. The van der Waals surface area contributed by atoms with Crippen LogP contribution in [0.3, 0.4) is 0 Å². The predicted molar refractivity (Wildman–Crippen MR) is 316 cm³/mol. The van der Waals surface area contributed by atoms with Crippen LogP contribution < -0.4 is 0 Å². The minimum Gasteiger partial charge on any atom is -0.462 e. The van der Waals surface area contributed by atoms with E-state index in [-0.39, 0.29) is 37.5 Å². The summed E-state index contributed by atoms with van der Waals surface area (Å²) in [6, 6.07) is 0. The van der Waals surface area contributed by atoms with E-state index in [9.17, 15) is 14.4 Å². The van der Waals surface area contributed by atoms with E-state index in [2.05, 4.69) is 81.5 Å². The van der Waals surface area contributed by atoms with Gasteiger partial charge in [-0.2, -0.15) is 0 Å². The van der Waals surface area contributed by atoms with Gasteiger partial charge in [-0.3, -0.25) is 14.4 Å². The zero-order chi connectivity index (χ0) is 52.9. The third-order valence-electron chi connectivity index (χ3n) is 14.0. The van der Waals surface area contributed by atoms with E-state index < -0.39 is 6.10 Å². The Balaban J connectivity index is 4.41. The Morgan fingerprint density at radius 3 is 0.836 bits per heavy atom. The topological polar surface area (TPSA) is 78.9 Å². The molecule has 0 aliphatic heterocycles. The summed E-state index contributed by atoms with van der Waals surface area (Å²) in [6.45, 7) is 6.61. The van der Waals surface area contributed by atoms with Crippen LogP contribution in [0.2, 0.25) is 0 Å². The van der Waals surface area contributed by atoms with Gasteiger partial charge in [-0.25, -0.2) is 0 Å². The molecule has 0 N–H and O–H groups in total. The summed E-state index contributed by atoms with van der Waals surface area (Å²) < 4.78 is 16.9. The molecule has 0 spiro atoms. The number of esters is 3. The highest BCUT2D eigenvalue weighted by molar-refractivity contribution is 5.71. The number of allylic oxidation sites excluding steroid dienone is 10. The fourth-order valence-corrected chi connectivity index (χ4v) is 9.20. The molecule has 0 aromatic carbocycles. The summed E-state index contributed by atoms with van der Waals surface area (Å²) in [5, 5.41) is 0. The van der Waals surface area contributed by atoms with Crippen LogP contribution in [0.5, 0.6) is 0 Å². The quantitative estimate of drug-likeness (QED) is 0.0261. The Morgan fingerprint density at radius 1 is 0.274 bits per heavy atom. The van der Waals surface area contributed by atoms with Crippen molar-refractivity contribution in [2.75, 3.05) is 13.2 Å². The van der Waals surface area contributed by atoms with Crippen LogP contribution in [-0.2, 0) is 28.6 Å². The lowest BCUT2D eigenvalue weighted by molar-refractivity contribution is -0.167. The fourth-order valence-electron chi connectivity index (χ4n) is 9.20. The summed E-state index contributed by atoms with van der Waals surface area (Å²) in [5.41, 5.74) is 0. The molecule has 1 atom stereocenters. The van der Waals surface area contributed by atoms with Gasteiger partial charge in [0.15, 0.2) is 6.10 Å². The molecule has 424 valence electrons. The number of carbonyl (C=O) groups excluding carboxylic acids is 3. The van der Waals surface area contributed by atoms with Gasteiger partial charge in [0.25, 0.3) is 0 Å². The Bertz CT molecular complexity index is 1310. The van der Waals surface area contributed by atoms with Gasteiger partial charge in [0.05, 0.1) is 0 Å². The summed E-state index contributed by atoms with van der Waals surface area (Å²) in [5.74, 6) is -0.932. The summed E-state index contributed by atoms with van der Waals surface area (Å²) >= 11 is 0. The second-order valence-corrected chi connectivity index (χ2v) is 21.3. The van der Waals surface area contributed by atoms with Gasteiger partial charge in [0.1, 0.15) is 13.2 Å². The molecular formula is C67H120O6. The summed E-state index contributed by atoms with van der Waals surface area (Å²) in [7, 11) is 0. The summed E-state index contributed by atoms with van der Waals surface area (Å²) in [6.07, 6.45) is 78.0. The first-order chi connectivity index (χ1) is 36.0. The third kappa shape index (κ3) is 59.9. The van der Waals surface area contributed by atoms with Gasteiger partial charge < -0.3 is 14.2 Å². The van der Waals surface area contributed by atoms with Gasteiger partial charge in [0, 0.05) is 19.3 Å². The monoisotopic (exact) mass is 1020 g/mol. The largest absolute Gasteiger partial charge is 0.462 e. The van der Waals surface area contributed by atoms with Crippen LogP contribution in [0, 0.1) is 0 Å². The highest BCUT2D eigenvalue weighted by Gasteiger charge is 2.19. The van der Waals surface area contributed by atoms with Crippen molar-refractivity contribution >= 4 is 17.9 Å². The van der Waals surface area contributed by atoms with Crippen LogP contribution in [-0.4, -0.2) is 37.2 Å². The number of carbonyl (C=O) groups is 3. The lowest BCUT2D eigenvalue weighted by Crippen LogP contribution is -2.30. The Labute approximate surface area is 453 Å². The number of ether oxygens (including phenoxy) is 3. The molecular weight excluding hydrogens is 901 g/mol. The van der Waals surface area contributed by atoms with Crippen LogP contribution in [0.15, 0.2) is 60.8 Å². The summed E-state index contributed by atoms with van der Waals surface area (Å²) in [4.78, 5) is 38.3. The second kappa shape index (κ2) is 61.7. The Kier molecular flexibility index (Phi) is 59.2. The molecule has 0 aromatic heterocycles. The van der Waals surface area contributed by atoms with Crippen LogP contribution in [0.1, 0.15) is 329 Å².